The van der Waals surface area contributed by atoms with E-state index in [2.05, 4.69) is 6.92 Å². The van der Waals surface area contributed by atoms with Crippen molar-refractivity contribution in [3.63, 3.8) is 0 Å². The lowest BCUT2D eigenvalue weighted by Gasteiger charge is -2.29. The summed E-state index contributed by atoms with van der Waals surface area (Å²) < 4.78 is 0. The first-order valence-corrected chi connectivity index (χ1v) is 6.10. The topological polar surface area (TPSA) is 46.3 Å². The van der Waals surface area contributed by atoms with Gasteiger partial charge < -0.3 is 10.6 Å². The smallest absolute Gasteiger partial charge is 0.246 e. The highest BCUT2D eigenvalue weighted by atomic mass is 35.5. The highest BCUT2D eigenvalue weighted by molar-refractivity contribution is 5.86. The molecule has 2 N–H and O–H groups in total. The highest BCUT2D eigenvalue weighted by Gasteiger charge is 2.32. The van der Waals surface area contributed by atoms with Crippen molar-refractivity contribution in [2.75, 3.05) is 13.6 Å². The number of rotatable bonds is 5. The van der Waals surface area contributed by atoms with Crippen molar-refractivity contribution in [2.24, 2.45) is 5.73 Å². The van der Waals surface area contributed by atoms with E-state index in [1.54, 1.807) is 11.8 Å². The first kappa shape index (κ1) is 16.9. The van der Waals surface area contributed by atoms with Crippen molar-refractivity contribution in [3.05, 3.63) is 35.9 Å². The van der Waals surface area contributed by atoms with Gasteiger partial charge in [-0.3, -0.25) is 4.79 Å². The van der Waals surface area contributed by atoms with Crippen molar-refractivity contribution < 1.29 is 4.79 Å². The van der Waals surface area contributed by atoms with Crippen LogP contribution in [0.3, 0.4) is 0 Å². The molecule has 18 heavy (non-hydrogen) atoms. The molecule has 0 aromatic heterocycles. The monoisotopic (exact) mass is 270 g/mol. The predicted octanol–water partition coefficient (Wildman–Crippen LogP) is 2.54. The Balaban J connectivity index is 0.00000289. The third-order valence-electron chi connectivity index (χ3n) is 3.01. The van der Waals surface area contributed by atoms with Crippen molar-refractivity contribution in [3.8, 4) is 0 Å². The van der Waals surface area contributed by atoms with Gasteiger partial charge in [0.1, 0.15) is 5.54 Å². The van der Waals surface area contributed by atoms with Crippen LogP contribution in [-0.4, -0.2) is 24.4 Å². The third-order valence-corrected chi connectivity index (χ3v) is 3.01. The van der Waals surface area contributed by atoms with Crippen molar-refractivity contribution in [1.29, 1.82) is 0 Å². The van der Waals surface area contributed by atoms with Crippen LogP contribution < -0.4 is 5.73 Å². The van der Waals surface area contributed by atoms with Crippen LogP contribution in [0.15, 0.2) is 30.3 Å². The Morgan fingerprint density at radius 1 is 1.33 bits per heavy atom. The molecule has 0 aliphatic carbocycles. The Hall–Kier alpha value is -1.06. The first-order valence-electron chi connectivity index (χ1n) is 6.10. The summed E-state index contributed by atoms with van der Waals surface area (Å²) in [6.45, 7) is 4.64. The molecule has 4 heteroatoms. The van der Waals surface area contributed by atoms with Gasteiger partial charge in [0.2, 0.25) is 5.91 Å². The normalized spacial score (nSPS) is 13.3. The van der Waals surface area contributed by atoms with Gasteiger partial charge in [-0.1, -0.05) is 43.7 Å². The number of hydrogen-bond acceptors (Lipinski definition) is 2. The molecule has 1 unspecified atom stereocenters. The maximum atomic E-state index is 12.3. The van der Waals surface area contributed by atoms with Crippen LogP contribution in [0.5, 0.6) is 0 Å². The van der Waals surface area contributed by atoms with Crippen LogP contribution in [0, 0.1) is 0 Å². The molecule has 0 aliphatic heterocycles. The molecule has 0 saturated heterocycles. The fourth-order valence-electron chi connectivity index (χ4n) is 1.80. The van der Waals surface area contributed by atoms with Gasteiger partial charge in [0.25, 0.3) is 0 Å². The highest BCUT2D eigenvalue weighted by Crippen LogP contribution is 2.19. The van der Waals surface area contributed by atoms with E-state index >= 15 is 0 Å². The second kappa shape index (κ2) is 7.39. The van der Waals surface area contributed by atoms with Gasteiger partial charge in [-0.2, -0.15) is 0 Å². The third kappa shape index (κ3) is 4.00. The van der Waals surface area contributed by atoms with Gasteiger partial charge in [-0.25, -0.2) is 0 Å². The average molecular weight is 271 g/mol. The Morgan fingerprint density at radius 3 is 2.39 bits per heavy atom. The number of likely N-dealkylation sites (N-methyl/N-ethyl adjacent to an activating group) is 1. The summed E-state index contributed by atoms with van der Waals surface area (Å²) in [4.78, 5) is 14.0. The first-order chi connectivity index (χ1) is 8.00. The SMILES string of the molecule is CCCCN(C)C(=O)C(C)(N)c1ccccc1.Cl. The van der Waals surface area contributed by atoms with Gasteiger partial charge in [0.05, 0.1) is 0 Å². The number of nitrogens with zero attached hydrogens (tertiary/aromatic N) is 1. The number of benzene rings is 1. The Labute approximate surface area is 116 Å². The molecule has 102 valence electrons. The number of carbonyl (C=O) groups excluding carboxylic acids is 1. The average Bonchev–Trinajstić information content (AvgIpc) is 2.36. The quantitative estimate of drug-likeness (QED) is 0.894. The molecule has 0 bridgehead atoms. The van der Waals surface area contributed by atoms with Crippen LogP contribution in [0.1, 0.15) is 32.3 Å². The molecule has 1 atom stereocenters. The Bertz CT molecular complexity index is 365. The number of nitrogens with two attached hydrogens (primary N) is 1. The zero-order valence-electron chi connectivity index (χ0n) is 11.3. The summed E-state index contributed by atoms with van der Waals surface area (Å²) in [5.41, 5.74) is 6.08. The van der Waals surface area contributed by atoms with E-state index in [1.807, 2.05) is 37.4 Å². The van der Waals surface area contributed by atoms with E-state index in [1.165, 1.54) is 0 Å². The fourth-order valence-corrected chi connectivity index (χ4v) is 1.80. The minimum absolute atomic E-state index is 0. The second-order valence-electron chi connectivity index (χ2n) is 4.65. The lowest BCUT2D eigenvalue weighted by molar-refractivity contribution is -0.135. The second-order valence-corrected chi connectivity index (χ2v) is 4.65. The van der Waals surface area contributed by atoms with Gasteiger partial charge in [0.15, 0.2) is 0 Å². The van der Waals surface area contributed by atoms with Gasteiger partial charge >= 0.3 is 0 Å². The summed E-state index contributed by atoms with van der Waals surface area (Å²) >= 11 is 0. The summed E-state index contributed by atoms with van der Waals surface area (Å²) in [7, 11) is 1.81. The molecule has 3 nitrogen and oxygen atoms in total. The van der Waals surface area contributed by atoms with Crippen LogP contribution >= 0.6 is 12.4 Å². The van der Waals surface area contributed by atoms with Crippen molar-refractivity contribution in [2.45, 2.75) is 32.2 Å². The minimum Gasteiger partial charge on any atom is -0.344 e. The van der Waals surface area contributed by atoms with Gasteiger partial charge in [-0.05, 0) is 18.9 Å². The zero-order valence-corrected chi connectivity index (χ0v) is 12.2. The summed E-state index contributed by atoms with van der Waals surface area (Å²) in [6.07, 6.45) is 2.08. The van der Waals surface area contributed by atoms with Crippen LogP contribution in [0.2, 0.25) is 0 Å². The Morgan fingerprint density at radius 2 is 1.89 bits per heavy atom. The molecular formula is C14H23ClN2O. The Kier molecular flexibility index (Phi) is 6.96. The zero-order chi connectivity index (χ0) is 12.9. The number of carbonyl (C=O) groups is 1. The van der Waals surface area contributed by atoms with E-state index in [9.17, 15) is 4.79 Å². The van der Waals surface area contributed by atoms with Gasteiger partial charge in [0, 0.05) is 13.6 Å². The molecule has 0 aliphatic rings. The lowest BCUT2D eigenvalue weighted by Crippen LogP contribution is -2.49. The number of amides is 1. The molecule has 1 aromatic carbocycles. The van der Waals surface area contributed by atoms with Gasteiger partial charge in [-0.15, -0.1) is 12.4 Å². The summed E-state index contributed by atoms with van der Waals surface area (Å²) in [5, 5.41) is 0. The number of hydrogen-bond donors (Lipinski definition) is 1. The van der Waals surface area contributed by atoms with E-state index in [0.29, 0.717) is 0 Å². The predicted molar refractivity (Wildman–Crippen MR) is 77.8 cm³/mol. The molecule has 1 amide bonds. The van der Waals surface area contributed by atoms with Crippen LogP contribution in [-0.2, 0) is 10.3 Å². The summed E-state index contributed by atoms with van der Waals surface area (Å²) in [5.74, 6) is -0.0304. The number of halogens is 1. The fraction of sp³-hybridized carbons (Fsp3) is 0.500. The summed E-state index contributed by atoms with van der Waals surface area (Å²) in [6, 6.07) is 9.52. The van der Waals surface area contributed by atoms with E-state index in [0.717, 1.165) is 24.9 Å². The standard InChI is InChI=1S/C14H22N2O.ClH/c1-4-5-11-16(3)13(17)14(2,15)12-9-7-6-8-10-12;/h6-10H,4-5,11,15H2,1-3H3;1H. The molecule has 1 aromatic rings. The largest absolute Gasteiger partial charge is 0.344 e. The van der Waals surface area contributed by atoms with Crippen LogP contribution in [0.25, 0.3) is 0 Å². The molecular weight excluding hydrogens is 248 g/mol. The molecule has 0 radical (unpaired) electrons. The lowest BCUT2D eigenvalue weighted by atomic mass is 9.92. The van der Waals surface area contributed by atoms with Crippen LogP contribution in [0.4, 0.5) is 0 Å². The van der Waals surface area contributed by atoms with E-state index < -0.39 is 5.54 Å². The van der Waals surface area contributed by atoms with Crippen molar-refractivity contribution >= 4 is 18.3 Å². The number of unbranched alkanes of at least 4 members (excludes halogenated alkanes) is 1. The molecule has 0 saturated carbocycles. The minimum atomic E-state index is -0.941. The maximum Gasteiger partial charge on any atom is 0.246 e. The van der Waals surface area contributed by atoms with E-state index in [-0.39, 0.29) is 18.3 Å². The molecule has 0 heterocycles. The maximum absolute atomic E-state index is 12.3. The van der Waals surface area contributed by atoms with E-state index in [4.69, 9.17) is 5.73 Å². The molecule has 1 rings (SSSR count). The molecule has 0 fully saturated rings. The molecule has 0 spiro atoms. The van der Waals surface area contributed by atoms with Crippen molar-refractivity contribution in [1.82, 2.24) is 4.90 Å².